The second-order valence-corrected chi connectivity index (χ2v) is 6.53. The number of aromatic nitrogens is 2. The second kappa shape index (κ2) is 7.48. The molecule has 2 N–H and O–H groups in total. The molecular formula is C21H18N4O3. The van der Waals surface area contributed by atoms with Crippen molar-refractivity contribution < 1.29 is 14.4 Å². The molecule has 28 heavy (non-hydrogen) atoms. The molecule has 1 aromatic heterocycles. The maximum absolute atomic E-state index is 12.7. The van der Waals surface area contributed by atoms with Crippen LogP contribution in [0, 0.1) is 0 Å². The minimum atomic E-state index is -0.379. The number of imide groups is 1. The number of nitrogens with one attached hydrogen (secondary N) is 2. The highest BCUT2D eigenvalue weighted by Gasteiger charge is 2.35. The molecule has 3 aromatic rings. The Hall–Kier alpha value is -3.74. The summed E-state index contributed by atoms with van der Waals surface area (Å²) in [5.74, 6) is -1.00. The zero-order valence-corrected chi connectivity index (χ0v) is 15.0. The molecule has 0 spiro atoms. The normalized spacial score (nSPS) is 12.9. The first-order valence-electron chi connectivity index (χ1n) is 8.93. The fraction of sp³-hybridized carbons (Fsp3) is 0.143. The molecule has 0 saturated heterocycles. The summed E-state index contributed by atoms with van der Waals surface area (Å²) in [6, 6.07) is 13.9. The van der Waals surface area contributed by atoms with Gasteiger partial charge in [-0.1, -0.05) is 30.3 Å². The first-order valence-corrected chi connectivity index (χ1v) is 8.93. The van der Waals surface area contributed by atoms with Crippen LogP contribution in [-0.2, 0) is 13.0 Å². The molecule has 7 nitrogen and oxygen atoms in total. The summed E-state index contributed by atoms with van der Waals surface area (Å²) in [5, 5.41) is 2.81. The fourth-order valence-corrected chi connectivity index (χ4v) is 3.18. The van der Waals surface area contributed by atoms with Gasteiger partial charge in [0.1, 0.15) is 0 Å². The van der Waals surface area contributed by atoms with Gasteiger partial charge in [-0.05, 0) is 23.8 Å². The zero-order chi connectivity index (χ0) is 19.5. The minimum absolute atomic E-state index is 0.207. The molecule has 2 aromatic carbocycles. The Bertz CT molecular complexity index is 1030. The van der Waals surface area contributed by atoms with Crippen LogP contribution in [0.3, 0.4) is 0 Å². The van der Waals surface area contributed by atoms with Crippen LogP contribution >= 0.6 is 0 Å². The summed E-state index contributed by atoms with van der Waals surface area (Å²) in [7, 11) is 0. The molecule has 2 heterocycles. The molecule has 3 amide bonds. The van der Waals surface area contributed by atoms with E-state index in [1.807, 2.05) is 30.3 Å². The number of benzene rings is 2. The third-order valence-corrected chi connectivity index (χ3v) is 4.65. The van der Waals surface area contributed by atoms with Gasteiger partial charge in [-0.15, -0.1) is 0 Å². The monoisotopic (exact) mass is 374 g/mol. The van der Waals surface area contributed by atoms with E-state index in [0.29, 0.717) is 24.1 Å². The van der Waals surface area contributed by atoms with Crippen molar-refractivity contribution in [3.8, 4) is 0 Å². The Morgan fingerprint density at radius 3 is 2.57 bits per heavy atom. The van der Waals surface area contributed by atoms with Crippen LogP contribution in [-0.4, -0.2) is 39.1 Å². The summed E-state index contributed by atoms with van der Waals surface area (Å²) >= 11 is 0. The largest absolute Gasteiger partial charge is 0.352 e. The molecule has 0 unspecified atom stereocenters. The molecule has 0 atom stereocenters. The van der Waals surface area contributed by atoms with E-state index in [0.717, 1.165) is 11.3 Å². The minimum Gasteiger partial charge on any atom is -0.352 e. The van der Waals surface area contributed by atoms with Gasteiger partial charge >= 0.3 is 0 Å². The number of hydrogen-bond donors (Lipinski definition) is 2. The highest BCUT2D eigenvalue weighted by molar-refractivity contribution is 6.22. The molecule has 1 aliphatic rings. The van der Waals surface area contributed by atoms with Gasteiger partial charge in [0, 0.05) is 30.4 Å². The van der Waals surface area contributed by atoms with Crippen molar-refractivity contribution in [2.75, 3.05) is 6.54 Å². The SMILES string of the molecule is O=C(NCCc1cnc[nH]1)c1ccc2c(c1)C(=O)N(Cc1ccccc1)C2=O. The summed E-state index contributed by atoms with van der Waals surface area (Å²) < 4.78 is 0. The molecule has 0 radical (unpaired) electrons. The zero-order valence-electron chi connectivity index (χ0n) is 15.0. The average molecular weight is 374 g/mol. The summed E-state index contributed by atoms with van der Waals surface area (Å²) in [6.45, 7) is 0.643. The number of carbonyl (C=O) groups is 3. The third-order valence-electron chi connectivity index (χ3n) is 4.65. The number of amides is 3. The van der Waals surface area contributed by atoms with Gasteiger partial charge in [0.05, 0.1) is 24.0 Å². The number of aromatic amines is 1. The smallest absolute Gasteiger partial charge is 0.261 e. The fourth-order valence-electron chi connectivity index (χ4n) is 3.18. The Balaban J connectivity index is 1.46. The maximum atomic E-state index is 12.7. The lowest BCUT2D eigenvalue weighted by atomic mass is 10.1. The van der Waals surface area contributed by atoms with Crippen LogP contribution in [0.2, 0.25) is 0 Å². The number of fused-ring (bicyclic) bond motifs is 1. The summed E-state index contributed by atoms with van der Waals surface area (Å²) in [6.07, 6.45) is 3.91. The van der Waals surface area contributed by atoms with Gasteiger partial charge in [0.25, 0.3) is 17.7 Å². The van der Waals surface area contributed by atoms with E-state index in [2.05, 4.69) is 15.3 Å². The Morgan fingerprint density at radius 1 is 1.04 bits per heavy atom. The van der Waals surface area contributed by atoms with Crippen molar-refractivity contribution in [3.05, 3.63) is 89.0 Å². The molecular weight excluding hydrogens is 356 g/mol. The van der Waals surface area contributed by atoms with Gasteiger partial charge in [-0.3, -0.25) is 19.3 Å². The Labute approximate surface area is 161 Å². The van der Waals surface area contributed by atoms with Crippen LogP contribution in [0.25, 0.3) is 0 Å². The summed E-state index contributed by atoms with van der Waals surface area (Å²) in [5.41, 5.74) is 2.74. The van der Waals surface area contributed by atoms with Gasteiger partial charge < -0.3 is 10.3 Å². The predicted molar refractivity (Wildman–Crippen MR) is 102 cm³/mol. The molecule has 0 aliphatic carbocycles. The van der Waals surface area contributed by atoms with Crippen LogP contribution in [0.5, 0.6) is 0 Å². The first-order chi connectivity index (χ1) is 13.6. The van der Waals surface area contributed by atoms with Crippen LogP contribution in [0.4, 0.5) is 0 Å². The molecule has 7 heteroatoms. The highest BCUT2D eigenvalue weighted by atomic mass is 16.2. The number of H-pyrrole nitrogens is 1. The van der Waals surface area contributed by atoms with Gasteiger partial charge in [0.15, 0.2) is 0 Å². The van der Waals surface area contributed by atoms with Crippen LogP contribution in [0.1, 0.15) is 42.3 Å². The third kappa shape index (κ3) is 3.42. The topological polar surface area (TPSA) is 95.2 Å². The quantitative estimate of drug-likeness (QED) is 0.647. The lowest BCUT2D eigenvalue weighted by Crippen LogP contribution is -2.29. The van der Waals surface area contributed by atoms with Gasteiger partial charge in [-0.25, -0.2) is 4.98 Å². The lowest BCUT2D eigenvalue weighted by Gasteiger charge is -2.13. The van der Waals surface area contributed by atoms with E-state index in [-0.39, 0.29) is 29.8 Å². The van der Waals surface area contributed by atoms with E-state index in [4.69, 9.17) is 0 Å². The molecule has 1 aliphatic heterocycles. The number of rotatable bonds is 6. The van der Waals surface area contributed by atoms with Gasteiger partial charge in [-0.2, -0.15) is 0 Å². The molecule has 140 valence electrons. The Morgan fingerprint density at radius 2 is 1.82 bits per heavy atom. The van der Waals surface area contributed by atoms with Crippen molar-refractivity contribution in [3.63, 3.8) is 0 Å². The van der Waals surface area contributed by atoms with E-state index >= 15 is 0 Å². The number of nitrogens with zero attached hydrogens (tertiary/aromatic N) is 2. The van der Waals surface area contributed by atoms with E-state index in [1.165, 1.54) is 11.0 Å². The second-order valence-electron chi connectivity index (χ2n) is 6.53. The van der Waals surface area contributed by atoms with Gasteiger partial charge in [0.2, 0.25) is 0 Å². The Kier molecular flexibility index (Phi) is 4.72. The molecule has 4 rings (SSSR count). The number of hydrogen-bond acceptors (Lipinski definition) is 4. The highest BCUT2D eigenvalue weighted by Crippen LogP contribution is 2.25. The van der Waals surface area contributed by atoms with Crippen LogP contribution in [0.15, 0.2) is 61.1 Å². The number of carbonyl (C=O) groups excluding carboxylic acids is 3. The number of imidazole rings is 1. The van der Waals surface area contributed by atoms with Crippen molar-refractivity contribution >= 4 is 17.7 Å². The predicted octanol–water partition coefficient (Wildman–Crippen LogP) is 2.18. The molecule has 0 saturated carbocycles. The lowest BCUT2D eigenvalue weighted by molar-refractivity contribution is 0.0642. The van der Waals surface area contributed by atoms with E-state index in [1.54, 1.807) is 24.7 Å². The van der Waals surface area contributed by atoms with E-state index < -0.39 is 0 Å². The standard InChI is InChI=1S/C21H18N4O3/c26-19(23-9-8-16-11-22-13-24-16)15-6-7-17-18(10-15)21(28)25(20(17)27)12-14-4-2-1-3-5-14/h1-7,10-11,13H,8-9,12H2,(H,22,24)(H,23,26). The van der Waals surface area contributed by atoms with Crippen molar-refractivity contribution in [2.45, 2.75) is 13.0 Å². The first kappa shape index (κ1) is 17.7. The molecule has 0 bridgehead atoms. The van der Waals surface area contributed by atoms with Crippen molar-refractivity contribution in [2.24, 2.45) is 0 Å². The van der Waals surface area contributed by atoms with E-state index in [9.17, 15) is 14.4 Å². The molecule has 0 fully saturated rings. The average Bonchev–Trinajstić information content (AvgIpc) is 3.31. The maximum Gasteiger partial charge on any atom is 0.261 e. The summed E-state index contributed by atoms with van der Waals surface area (Å²) in [4.78, 5) is 45.8. The van der Waals surface area contributed by atoms with Crippen molar-refractivity contribution in [1.82, 2.24) is 20.2 Å². The van der Waals surface area contributed by atoms with Crippen LogP contribution < -0.4 is 5.32 Å². The van der Waals surface area contributed by atoms with Crippen molar-refractivity contribution in [1.29, 1.82) is 0 Å².